The fourth-order valence-electron chi connectivity index (χ4n) is 3.24. The molecule has 1 saturated heterocycles. The molecule has 1 aliphatic heterocycles. The third-order valence-corrected chi connectivity index (χ3v) is 6.39. The van der Waals surface area contributed by atoms with Crippen LogP contribution in [0.4, 0.5) is 16.2 Å². The average Bonchev–Trinajstić information content (AvgIpc) is 2.82. The van der Waals surface area contributed by atoms with Crippen LogP contribution in [-0.4, -0.2) is 31.2 Å². The zero-order chi connectivity index (χ0) is 26.0. The molecule has 36 heavy (non-hydrogen) atoms. The molecule has 3 aromatic carbocycles. The Morgan fingerprint density at radius 1 is 0.972 bits per heavy atom. The topological polar surface area (TPSA) is 153 Å². The number of nitrogens with one attached hydrogen (secondary N) is 1. The van der Waals surface area contributed by atoms with Crippen molar-refractivity contribution in [2.75, 3.05) is 4.90 Å². The number of halogens is 1. The average molecular weight is 528 g/mol. The Balaban J connectivity index is 1.64. The van der Waals surface area contributed by atoms with Gasteiger partial charge in [-0.15, -0.1) is 0 Å². The molecular weight excluding hydrogens is 514 g/mol. The predicted octanol–water partition coefficient (Wildman–Crippen LogP) is 3.68. The number of hydrogen-bond donors (Lipinski definition) is 1. The van der Waals surface area contributed by atoms with Crippen LogP contribution in [0.5, 0.6) is 5.75 Å². The number of hydrogen-bond acceptors (Lipinski definition) is 8. The second-order valence-electron chi connectivity index (χ2n) is 7.30. The number of amides is 4. The third-order valence-electron chi connectivity index (χ3n) is 4.88. The van der Waals surface area contributed by atoms with Gasteiger partial charge in [-0.3, -0.25) is 25.0 Å². The number of carbonyl (C=O) groups is 3. The number of anilines is 1. The van der Waals surface area contributed by atoms with E-state index in [1.54, 1.807) is 0 Å². The van der Waals surface area contributed by atoms with E-state index in [4.69, 9.17) is 15.8 Å². The Morgan fingerprint density at radius 2 is 1.67 bits per heavy atom. The molecule has 0 radical (unpaired) electrons. The fourth-order valence-corrected chi connectivity index (χ4v) is 4.29. The minimum Gasteiger partial charge on any atom is -0.379 e. The van der Waals surface area contributed by atoms with Gasteiger partial charge in [-0.05, 0) is 54.1 Å². The Labute approximate surface area is 208 Å². The van der Waals surface area contributed by atoms with Gasteiger partial charge in [0, 0.05) is 17.2 Å². The van der Waals surface area contributed by atoms with Crippen LogP contribution in [0, 0.1) is 10.1 Å². The molecule has 4 rings (SSSR count). The number of imide groups is 2. The molecule has 0 aromatic heterocycles. The minimum atomic E-state index is -4.20. The van der Waals surface area contributed by atoms with Crippen LogP contribution in [-0.2, 0) is 19.7 Å². The van der Waals surface area contributed by atoms with Crippen molar-refractivity contribution in [3.63, 3.8) is 0 Å². The molecule has 1 N–H and O–H groups in total. The number of barbiturate groups is 1. The van der Waals surface area contributed by atoms with Crippen molar-refractivity contribution in [3.8, 4) is 5.75 Å². The first kappa shape index (κ1) is 24.6. The zero-order valence-electron chi connectivity index (χ0n) is 18.0. The summed E-state index contributed by atoms with van der Waals surface area (Å²) in [5.74, 6) is -2.12. The van der Waals surface area contributed by atoms with Crippen LogP contribution in [0.1, 0.15) is 5.56 Å². The number of carbonyl (C=O) groups excluding carboxylic acids is 3. The van der Waals surface area contributed by atoms with Crippen molar-refractivity contribution in [1.29, 1.82) is 0 Å². The van der Waals surface area contributed by atoms with E-state index in [1.807, 2.05) is 5.32 Å². The molecule has 0 spiro atoms. The number of non-ortho nitro benzene ring substituents is 1. The molecule has 3 aromatic rings. The number of nitro benzene ring substituents is 1. The number of urea groups is 1. The summed E-state index contributed by atoms with van der Waals surface area (Å²) in [6.45, 7) is 0. The number of nitrogens with zero attached hydrogens (tertiary/aromatic N) is 2. The van der Waals surface area contributed by atoms with E-state index in [1.165, 1.54) is 66.7 Å². The predicted molar refractivity (Wildman–Crippen MR) is 128 cm³/mol. The lowest BCUT2D eigenvalue weighted by atomic mass is 10.1. The van der Waals surface area contributed by atoms with Gasteiger partial charge in [0.2, 0.25) is 0 Å². The van der Waals surface area contributed by atoms with Crippen LogP contribution in [0.3, 0.4) is 0 Å². The number of nitro groups is 1. The molecule has 11 nitrogen and oxygen atoms in total. The molecule has 1 aliphatic rings. The lowest BCUT2D eigenvalue weighted by molar-refractivity contribution is -0.384. The van der Waals surface area contributed by atoms with Gasteiger partial charge in [-0.1, -0.05) is 29.8 Å². The van der Waals surface area contributed by atoms with Crippen molar-refractivity contribution in [2.24, 2.45) is 0 Å². The summed E-state index contributed by atoms with van der Waals surface area (Å²) in [6.07, 6.45) is 1.14. The van der Waals surface area contributed by atoms with Crippen LogP contribution in [0.15, 0.2) is 83.3 Å². The smallest absolute Gasteiger partial charge is 0.339 e. The highest BCUT2D eigenvalue weighted by Crippen LogP contribution is 2.27. The molecule has 182 valence electrons. The van der Waals surface area contributed by atoms with Crippen LogP contribution >= 0.6 is 11.6 Å². The zero-order valence-corrected chi connectivity index (χ0v) is 19.5. The maximum Gasteiger partial charge on any atom is 0.339 e. The Kier molecular flexibility index (Phi) is 6.55. The molecule has 1 fully saturated rings. The van der Waals surface area contributed by atoms with E-state index in [0.717, 1.165) is 12.1 Å². The van der Waals surface area contributed by atoms with Crippen LogP contribution in [0.25, 0.3) is 6.08 Å². The Bertz CT molecular complexity index is 1550. The van der Waals surface area contributed by atoms with Crippen molar-refractivity contribution in [2.45, 2.75) is 4.90 Å². The van der Waals surface area contributed by atoms with Gasteiger partial charge in [0.1, 0.15) is 16.2 Å². The molecule has 4 amide bonds. The van der Waals surface area contributed by atoms with Gasteiger partial charge >= 0.3 is 16.1 Å². The molecule has 1 heterocycles. The first-order valence-electron chi connectivity index (χ1n) is 10.0. The maximum absolute atomic E-state index is 13.0. The summed E-state index contributed by atoms with van der Waals surface area (Å²) in [5, 5.41) is 13.4. The number of rotatable bonds is 6. The van der Waals surface area contributed by atoms with E-state index in [9.17, 15) is 32.9 Å². The van der Waals surface area contributed by atoms with Crippen molar-refractivity contribution in [3.05, 3.63) is 99.1 Å². The maximum atomic E-state index is 13.0. The van der Waals surface area contributed by atoms with E-state index < -0.39 is 38.5 Å². The van der Waals surface area contributed by atoms with Gasteiger partial charge < -0.3 is 4.18 Å². The minimum absolute atomic E-state index is 0.102. The number of benzene rings is 3. The van der Waals surface area contributed by atoms with Gasteiger partial charge in [-0.25, -0.2) is 9.69 Å². The van der Waals surface area contributed by atoms with E-state index in [0.29, 0.717) is 9.92 Å². The van der Waals surface area contributed by atoms with E-state index in [-0.39, 0.29) is 27.6 Å². The lowest BCUT2D eigenvalue weighted by Crippen LogP contribution is -2.54. The quantitative estimate of drug-likeness (QED) is 0.167. The highest BCUT2D eigenvalue weighted by Gasteiger charge is 2.37. The van der Waals surface area contributed by atoms with Gasteiger partial charge in [-0.2, -0.15) is 8.42 Å². The van der Waals surface area contributed by atoms with Crippen LogP contribution in [0.2, 0.25) is 5.02 Å². The van der Waals surface area contributed by atoms with E-state index >= 15 is 0 Å². The molecular formula is C23H14ClN3O8S. The summed E-state index contributed by atoms with van der Waals surface area (Å²) in [4.78, 5) is 48.6. The largest absolute Gasteiger partial charge is 0.379 e. The normalized spacial score (nSPS) is 15.1. The summed E-state index contributed by atoms with van der Waals surface area (Å²) < 4.78 is 30.2. The monoisotopic (exact) mass is 527 g/mol. The van der Waals surface area contributed by atoms with Gasteiger partial charge in [0.15, 0.2) is 0 Å². The highest BCUT2D eigenvalue weighted by molar-refractivity contribution is 7.87. The Hall–Kier alpha value is -4.55. The van der Waals surface area contributed by atoms with Crippen LogP contribution < -0.4 is 14.4 Å². The molecule has 0 aliphatic carbocycles. The first-order valence-corrected chi connectivity index (χ1v) is 11.8. The van der Waals surface area contributed by atoms with Gasteiger partial charge in [0.25, 0.3) is 17.5 Å². The Morgan fingerprint density at radius 3 is 2.36 bits per heavy atom. The first-order chi connectivity index (χ1) is 17.0. The fraction of sp³-hybridized carbons (Fsp3) is 0. The SMILES string of the molecule is O=C1NC(=O)N(c2cccc([N+](=O)[O-])c2)C(=O)/C1=C\c1cccc(OS(=O)(=O)c2ccc(Cl)cc2)c1. The second kappa shape index (κ2) is 9.60. The molecule has 0 atom stereocenters. The summed E-state index contributed by atoms with van der Waals surface area (Å²) in [7, 11) is -4.20. The van der Waals surface area contributed by atoms with Crippen molar-refractivity contribution >= 4 is 57.0 Å². The summed E-state index contributed by atoms with van der Waals surface area (Å²) in [6, 6.07) is 14.6. The van der Waals surface area contributed by atoms with E-state index in [2.05, 4.69) is 0 Å². The highest BCUT2D eigenvalue weighted by atomic mass is 35.5. The standard InChI is InChI=1S/C23H14ClN3O8S/c24-15-7-9-19(10-8-15)36(33,34)35-18-6-1-3-14(11-18)12-20-21(28)25-23(30)26(22(20)29)16-4-2-5-17(13-16)27(31)32/h1-13H,(H,25,28,30)/b20-12-. The summed E-state index contributed by atoms with van der Waals surface area (Å²) >= 11 is 5.78. The summed E-state index contributed by atoms with van der Waals surface area (Å²) in [5.41, 5.74) is -0.719. The lowest BCUT2D eigenvalue weighted by Gasteiger charge is -2.26. The molecule has 0 bridgehead atoms. The third kappa shape index (κ3) is 5.09. The molecule has 13 heteroatoms. The molecule has 0 unspecified atom stereocenters. The van der Waals surface area contributed by atoms with Gasteiger partial charge in [0.05, 0.1) is 10.6 Å². The molecule has 0 saturated carbocycles. The van der Waals surface area contributed by atoms with Crippen molar-refractivity contribution < 1.29 is 31.9 Å². The van der Waals surface area contributed by atoms with Crippen molar-refractivity contribution in [1.82, 2.24) is 5.32 Å². The second-order valence-corrected chi connectivity index (χ2v) is 9.28.